The molecule has 2 N–H and O–H groups in total. The second kappa shape index (κ2) is 4.74. The molecule has 1 aromatic carbocycles. The van der Waals surface area contributed by atoms with Crippen molar-refractivity contribution >= 4 is 11.8 Å². The Morgan fingerprint density at radius 3 is 3.11 bits per heavy atom. The monoisotopic (exact) mass is 260 g/mol. The van der Waals surface area contributed by atoms with E-state index in [9.17, 15) is 0 Å². The van der Waals surface area contributed by atoms with Gasteiger partial charge in [-0.2, -0.15) is 0 Å². The van der Waals surface area contributed by atoms with Crippen LogP contribution >= 0.6 is 11.8 Å². The predicted molar refractivity (Wildman–Crippen MR) is 72.4 cm³/mol. The second-order valence-corrected chi connectivity index (χ2v) is 5.75. The van der Waals surface area contributed by atoms with Gasteiger partial charge in [0.2, 0.25) is 0 Å². The molecule has 94 valence electrons. The first-order valence-electron chi connectivity index (χ1n) is 6.18. The number of thioether (sulfide) groups is 1. The maximum absolute atomic E-state index is 6.38. The summed E-state index contributed by atoms with van der Waals surface area (Å²) in [6.07, 6.45) is 2.81. The highest BCUT2D eigenvalue weighted by Crippen LogP contribution is 2.41. The third kappa shape index (κ3) is 1.93. The molecule has 0 spiro atoms. The van der Waals surface area contributed by atoms with Crippen LogP contribution in [-0.2, 0) is 13.0 Å². The summed E-state index contributed by atoms with van der Waals surface area (Å²) in [7, 11) is 0. The van der Waals surface area contributed by atoms with E-state index in [1.165, 1.54) is 10.5 Å². The van der Waals surface area contributed by atoms with Gasteiger partial charge in [0, 0.05) is 16.7 Å². The quantitative estimate of drug-likeness (QED) is 0.917. The highest BCUT2D eigenvalue weighted by molar-refractivity contribution is 8.00. The average Bonchev–Trinajstić information content (AvgIpc) is 3.03. The Morgan fingerprint density at radius 1 is 1.50 bits per heavy atom. The summed E-state index contributed by atoms with van der Waals surface area (Å²) in [5, 5.41) is 8.39. The molecule has 1 aliphatic rings. The van der Waals surface area contributed by atoms with Gasteiger partial charge in [-0.15, -0.1) is 16.9 Å². The fraction of sp³-hybridized carbons (Fsp3) is 0.385. The van der Waals surface area contributed by atoms with Crippen LogP contribution in [0.5, 0.6) is 0 Å². The Kier molecular flexibility index (Phi) is 3.09. The molecule has 2 aromatic rings. The lowest BCUT2D eigenvalue weighted by molar-refractivity contribution is 0.547. The molecule has 0 aliphatic carbocycles. The standard InChI is InChI=1S/C13H16N4S/c1-2-17-10(8-15-16-17)13(14)12-7-9-5-3-4-6-11(9)18-12/h3-6,8,12-13H,2,7,14H2,1H3. The summed E-state index contributed by atoms with van der Waals surface area (Å²) in [4.78, 5) is 1.36. The Morgan fingerprint density at radius 2 is 2.33 bits per heavy atom. The molecule has 4 nitrogen and oxygen atoms in total. The van der Waals surface area contributed by atoms with Crippen LogP contribution in [-0.4, -0.2) is 20.2 Å². The molecule has 2 heterocycles. The summed E-state index contributed by atoms with van der Waals surface area (Å²) < 4.78 is 1.88. The normalized spacial score (nSPS) is 19.8. The van der Waals surface area contributed by atoms with E-state index in [1.807, 2.05) is 16.4 Å². The minimum atomic E-state index is -0.0163. The van der Waals surface area contributed by atoms with Gasteiger partial charge in [-0.25, -0.2) is 4.68 Å². The Labute approximate surface area is 111 Å². The Hall–Kier alpha value is -1.33. The van der Waals surface area contributed by atoms with Crippen LogP contribution in [0.3, 0.4) is 0 Å². The summed E-state index contributed by atoms with van der Waals surface area (Å²) in [5.74, 6) is 0. The van der Waals surface area contributed by atoms with Crippen LogP contribution in [0.1, 0.15) is 24.2 Å². The molecule has 18 heavy (non-hydrogen) atoms. The number of nitrogens with zero attached hydrogens (tertiary/aromatic N) is 3. The largest absolute Gasteiger partial charge is 0.322 e. The molecule has 1 aromatic heterocycles. The fourth-order valence-electron chi connectivity index (χ4n) is 2.37. The average molecular weight is 260 g/mol. The topological polar surface area (TPSA) is 56.7 Å². The van der Waals surface area contributed by atoms with Crippen molar-refractivity contribution in [3.8, 4) is 0 Å². The SMILES string of the molecule is CCn1nncc1C(N)C1Cc2ccccc2S1. The van der Waals surface area contributed by atoms with Crippen molar-refractivity contribution in [1.29, 1.82) is 0 Å². The minimum absolute atomic E-state index is 0.0163. The first-order chi connectivity index (χ1) is 8.79. The molecule has 0 saturated heterocycles. The van der Waals surface area contributed by atoms with Gasteiger partial charge in [-0.05, 0) is 25.0 Å². The highest BCUT2D eigenvalue weighted by Gasteiger charge is 2.29. The lowest BCUT2D eigenvalue weighted by atomic mass is 10.0. The van der Waals surface area contributed by atoms with Crippen LogP contribution in [0.25, 0.3) is 0 Å². The maximum Gasteiger partial charge on any atom is 0.0765 e. The van der Waals surface area contributed by atoms with Crippen LogP contribution in [0.4, 0.5) is 0 Å². The number of hydrogen-bond acceptors (Lipinski definition) is 4. The molecule has 0 radical (unpaired) electrons. The number of rotatable bonds is 3. The smallest absolute Gasteiger partial charge is 0.0765 e. The van der Waals surface area contributed by atoms with E-state index in [-0.39, 0.29) is 6.04 Å². The van der Waals surface area contributed by atoms with Gasteiger partial charge >= 0.3 is 0 Å². The molecule has 2 unspecified atom stereocenters. The maximum atomic E-state index is 6.38. The van der Waals surface area contributed by atoms with Crippen molar-refractivity contribution in [2.45, 2.75) is 36.1 Å². The summed E-state index contributed by atoms with van der Waals surface area (Å²) in [5.41, 5.74) is 8.81. The van der Waals surface area contributed by atoms with Gasteiger partial charge in [-0.3, -0.25) is 0 Å². The third-order valence-electron chi connectivity index (χ3n) is 3.36. The van der Waals surface area contributed by atoms with E-state index in [1.54, 1.807) is 6.20 Å². The van der Waals surface area contributed by atoms with Crippen molar-refractivity contribution < 1.29 is 0 Å². The van der Waals surface area contributed by atoms with Crippen LogP contribution < -0.4 is 5.73 Å². The summed E-state index contributed by atoms with van der Waals surface area (Å²) >= 11 is 1.87. The zero-order valence-corrected chi connectivity index (χ0v) is 11.1. The minimum Gasteiger partial charge on any atom is -0.322 e. The first-order valence-corrected chi connectivity index (χ1v) is 7.06. The predicted octanol–water partition coefficient (Wildman–Crippen LogP) is 2.01. The van der Waals surface area contributed by atoms with Gasteiger partial charge in [0.05, 0.1) is 17.9 Å². The molecule has 2 atom stereocenters. The zero-order valence-electron chi connectivity index (χ0n) is 10.3. The van der Waals surface area contributed by atoms with Gasteiger partial charge in [0.1, 0.15) is 0 Å². The number of aromatic nitrogens is 3. The molecule has 0 bridgehead atoms. The van der Waals surface area contributed by atoms with Crippen LogP contribution in [0.2, 0.25) is 0 Å². The molecule has 0 amide bonds. The van der Waals surface area contributed by atoms with Crippen molar-refractivity contribution in [2.24, 2.45) is 5.73 Å². The third-order valence-corrected chi connectivity index (χ3v) is 4.78. The Bertz CT molecular complexity index is 526. The molecular weight excluding hydrogens is 244 g/mol. The van der Waals surface area contributed by atoms with E-state index < -0.39 is 0 Å². The van der Waals surface area contributed by atoms with Crippen LogP contribution in [0, 0.1) is 0 Å². The molecular formula is C13H16N4S. The Balaban J connectivity index is 1.82. The number of benzene rings is 1. The van der Waals surface area contributed by atoms with E-state index in [4.69, 9.17) is 5.73 Å². The summed E-state index contributed by atoms with van der Waals surface area (Å²) in [6.45, 7) is 2.87. The summed E-state index contributed by atoms with van der Waals surface area (Å²) in [6, 6.07) is 8.51. The number of nitrogens with two attached hydrogens (primary N) is 1. The lowest BCUT2D eigenvalue weighted by Gasteiger charge is -2.18. The van der Waals surface area contributed by atoms with E-state index in [2.05, 4.69) is 41.5 Å². The van der Waals surface area contributed by atoms with Crippen molar-refractivity contribution in [1.82, 2.24) is 15.0 Å². The molecule has 3 rings (SSSR count). The number of hydrogen-bond donors (Lipinski definition) is 1. The number of aryl methyl sites for hydroxylation is 1. The molecule has 1 aliphatic heterocycles. The van der Waals surface area contributed by atoms with Gasteiger partial charge in [0.25, 0.3) is 0 Å². The van der Waals surface area contributed by atoms with Gasteiger partial charge in [0.15, 0.2) is 0 Å². The van der Waals surface area contributed by atoms with E-state index >= 15 is 0 Å². The van der Waals surface area contributed by atoms with Gasteiger partial charge in [-0.1, -0.05) is 23.4 Å². The fourth-order valence-corrected chi connectivity index (χ4v) is 3.70. The second-order valence-electron chi connectivity index (χ2n) is 4.47. The van der Waals surface area contributed by atoms with Crippen molar-refractivity contribution in [3.05, 3.63) is 41.7 Å². The number of fused-ring (bicyclic) bond motifs is 1. The first kappa shape index (κ1) is 11.7. The van der Waals surface area contributed by atoms with E-state index in [0.29, 0.717) is 5.25 Å². The zero-order chi connectivity index (χ0) is 12.5. The lowest BCUT2D eigenvalue weighted by Crippen LogP contribution is -2.26. The van der Waals surface area contributed by atoms with E-state index in [0.717, 1.165) is 18.7 Å². The molecule has 0 fully saturated rings. The van der Waals surface area contributed by atoms with Crippen molar-refractivity contribution in [2.75, 3.05) is 0 Å². The molecule has 0 saturated carbocycles. The molecule has 5 heteroatoms. The van der Waals surface area contributed by atoms with Crippen LogP contribution in [0.15, 0.2) is 35.4 Å². The van der Waals surface area contributed by atoms with Gasteiger partial charge < -0.3 is 5.73 Å². The van der Waals surface area contributed by atoms with Crippen molar-refractivity contribution in [3.63, 3.8) is 0 Å². The highest BCUT2D eigenvalue weighted by atomic mass is 32.2.